The first-order valence-electron chi connectivity index (χ1n) is 3.69. The molecule has 0 aromatic heterocycles. The van der Waals surface area contributed by atoms with Crippen molar-refractivity contribution in [1.29, 1.82) is 0 Å². The van der Waals surface area contributed by atoms with Gasteiger partial charge in [-0.05, 0) is 41.7 Å². The van der Waals surface area contributed by atoms with Crippen molar-refractivity contribution < 1.29 is 18.0 Å². The van der Waals surface area contributed by atoms with E-state index in [-0.39, 0.29) is 4.90 Å². The van der Waals surface area contributed by atoms with E-state index in [1.54, 1.807) is 0 Å². The van der Waals surface area contributed by atoms with Crippen LogP contribution >= 0.6 is 23.5 Å². The summed E-state index contributed by atoms with van der Waals surface area (Å²) >= 11 is 5.69. The maximum absolute atomic E-state index is 12.2. The molecular formula is C8H5ClF3NOS. The van der Waals surface area contributed by atoms with Crippen molar-refractivity contribution >= 4 is 28.9 Å². The summed E-state index contributed by atoms with van der Waals surface area (Å²) in [6.45, 7) is 0. The van der Waals surface area contributed by atoms with Gasteiger partial charge in [-0.15, -0.1) is 0 Å². The monoisotopic (exact) mass is 255 g/mol. The minimum atomic E-state index is -4.39. The number of carbonyl (C=O) groups is 1. The molecule has 0 aliphatic heterocycles. The van der Waals surface area contributed by atoms with Crippen LogP contribution in [0.25, 0.3) is 0 Å². The summed E-state index contributed by atoms with van der Waals surface area (Å²) in [7, 11) is 0. The van der Waals surface area contributed by atoms with Crippen molar-refractivity contribution in [2.24, 2.45) is 0 Å². The average molecular weight is 256 g/mol. The number of hydrogen-bond acceptors (Lipinski definition) is 2. The van der Waals surface area contributed by atoms with E-state index in [1.807, 2.05) is 0 Å². The summed E-state index contributed by atoms with van der Waals surface area (Å²) in [5, 5.41) is -0.836. The number of halogens is 4. The molecule has 0 radical (unpaired) electrons. The van der Waals surface area contributed by atoms with Gasteiger partial charge in [0.25, 0.3) is 0 Å². The zero-order valence-corrected chi connectivity index (χ0v) is 8.71. The van der Waals surface area contributed by atoms with Gasteiger partial charge in [0.1, 0.15) is 0 Å². The summed E-state index contributed by atoms with van der Waals surface area (Å²) in [5.41, 5.74) is -0.767. The molecule has 0 saturated carbocycles. The Morgan fingerprint density at radius 3 is 2.60 bits per heavy atom. The van der Waals surface area contributed by atoms with Gasteiger partial charge >= 0.3 is 11.5 Å². The van der Waals surface area contributed by atoms with E-state index in [2.05, 4.69) is 4.72 Å². The molecule has 1 amide bonds. The van der Waals surface area contributed by atoms with E-state index in [0.29, 0.717) is 0 Å². The van der Waals surface area contributed by atoms with Crippen LogP contribution in [-0.2, 0) is 6.18 Å². The van der Waals surface area contributed by atoms with Crippen LogP contribution in [0.2, 0.25) is 0 Å². The molecule has 1 aromatic carbocycles. The van der Waals surface area contributed by atoms with Crippen LogP contribution in [0.15, 0.2) is 29.2 Å². The van der Waals surface area contributed by atoms with Gasteiger partial charge in [-0.1, -0.05) is 6.07 Å². The maximum Gasteiger partial charge on any atom is 0.416 e. The predicted octanol–water partition coefficient (Wildman–Crippen LogP) is 3.66. The normalized spacial score (nSPS) is 11.2. The van der Waals surface area contributed by atoms with Crippen LogP contribution in [0.4, 0.5) is 18.0 Å². The third-order valence-corrected chi connectivity index (χ3v) is 2.39. The van der Waals surface area contributed by atoms with Crippen molar-refractivity contribution in [2.75, 3.05) is 0 Å². The number of alkyl halides is 3. The van der Waals surface area contributed by atoms with Gasteiger partial charge in [-0.25, -0.2) is 0 Å². The molecule has 82 valence electrons. The summed E-state index contributed by atoms with van der Waals surface area (Å²) in [5.74, 6) is 0. The van der Waals surface area contributed by atoms with Crippen LogP contribution in [0.1, 0.15) is 5.56 Å². The van der Waals surface area contributed by atoms with E-state index in [1.165, 1.54) is 12.1 Å². The molecule has 15 heavy (non-hydrogen) atoms. The molecule has 0 saturated heterocycles. The van der Waals surface area contributed by atoms with Gasteiger partial charge in [-0.3, -0.25) is 9.52 Å². The Morgan fingerprint density at radius 1 is 1.40 bits per heavy atom. The first kappa shape index (κ1) is 12.2. The van der Waals surface area contributed by atoms with E-state index in [4.69, 9.17) is 11.6 Å². The number of amides is 1. The number of benzene rings is 1. The van der Waals surface area contributed by atoms with Gasteiger partial charge in [0.2, 0.25) is 0 Å². The summed E-state index contributed by atoms with van der Waals surface area (Å²) in [6, 6.07) is 4.57. The summed E-state index contributed by atoms with van der Waals surface area (Å²) in [6.07, 6.45) is -4.39. The first-order chi connectivity index (χ1) is 6.89. The van der Waals surface area contributed by atoms with Crippen LogP contribution in [-0.4, -0.2) is 5.37 Å². The van der Waals surface area contributed by atoms with Crippen LogP contribution in [0.5, 0.6) is 0 Å². The Hall–Kier alpha value is -0.880. The highest BCUT2D eigenvalue weighted by atomic mass is 35.5. The van der Waals surface area contributed by atoms with Crippen LogP contribution < -0.4 is 4.72 Å². The standard InChI is InChI=1S/C8H5ClF3NOS/c9-7(14)13-15-6-3-1-2-5(4-6)8(10,11)12/h1-4H,(H,13,14). The highest BCUT2D eigenvalue weighted by Gasteiger charge is 2.30. The maximum atomic E-state index is 12.2. The van der Waals surface area contributed by atoms with E-state index >= 15 is 0 Å². The fourth-order valence-corrected chi connectivity index (χ4v) is 1.48. The molecular weight excluding hydrogens is 251 g/mol. The van der Waals surface area contributed by atoms with Gasteiger partial charge in [0.15, 0.2) is 0 Å². The molecule has 0 fully saturated rings. The summed E-state index contributed by atoms with van der Waals surface area (Å²) < 4.78 is 38.8. The highest BCUT2D eigenvalue weighted by molar-refractivity contribution is 7.98. The van der Waals surface area contributed by atoms with Crippen LogP contribution in [0, 0.1) is 0 Å². The molecule has 0 atom stereocenters. The third-order valence-electron chi connectivity index (χ3n) is 1.41. The Kier molecular flexibility index (Phi) is 3.87. The molecule has 1 aromatic rings. The van der Waals surface area contributed by atoms with Crippen molar-refractivity contribution in [3.63, 3.8) is 0 Å². The Bertz CT molecular complexity index is 369. The molecule has 0 bridgehead atoms. The fraction of sp³-hybridized carbons (Fsp3) is 0.125. The Morgan fingerprint density at radius 2 is 2.07 bits per heavy atom. The SMILES string of the molecule is O=C(Cl)NSc1cccc(C(F)(F)F)c1. The zero-order valence-electron chi connectivity index (χ0n) is 7.14. The summed E-state index contributed by atoms with van der Waals surface area (Å²) in [4.78, 5) is 10.6. The van der Waals surface area contributed by atoms with Gasteiger partial charge in [0.05, 0.1) is 5.56 Å². The van der Waals surface area contributed by atoms with Gasteiger partial charge in [-0.2, -0.15) is 13.2 Å². The minimum absolute atomic E-state index is 0.263. The second-order valence-corrected chi connectivity index (χ2v) is 3.73. The number of rotatable bonds is 2. The second kappa shape index (κ2) is 4.76. The molecule has 0 spiro atoms. The smallest absolute Gasteiger partial charge is 0.282 e. The zero-order chi connectivity index (χ0) is 11.5. The lowest BCUT2D eigenvalue weighted by molar-refractivity contribution is -0.137. The number of hydrogen-bond donors (Lipinski definition) is 1. The molecule has 7 heteroatoms. The quantitative estimate of drug-likeness (QED) is 0.496. The van der Waals surface area contributed by atoms with Crippen molar-refractivity contribution in [1.82, 2.24) is 4.72 Å². The lowest BCUT2D eigenvalue weighted by atomic mass is 10.2. The van der Waals surface area contributed by atoms with Crippen molar-refractivity contribution in [3.05, 3.63) is 29.8 Å². The average Bonchev–Trinajstić information content (AvgIpc) is 2.14. The van der Waals surface area contributed by atoms with Crippen LogP contribution in [0.3, 0.4) is 0 Å². The largest absolute Gasteiger partial charge is 0.416 e. The molecule has 0 aliphatic rings. The molecule has 1 rings (SSSR count). The highest BCUT2D eigenvalue weighted by Crippen LogP contribution is 2.31. The van der Waals surface area contributed by atoms with Gasteiger partial charge in [0, 0.05) is 4.90 Å². The molecule has 0 heterocycles. The molecule has 0 aliphatic carbocycles. The first-order valence-corrected chi connectivity index (χ1v) is 4.88. The van der Waals surface area contributed by atoms with Crippen molar-refractivity contribution in [3.8, 4) is 0 Å². The predicted molar refractivity (Wildman–Crippen MR) is 51.7 cm³/mol. The lowest BCUT2D eigenvalue weighted by Crippen LogP contribution is -2.07. The van der Waals surface area contributed by atoms with E-state index < -0.39 is 17.1 Å². The fourth-order valence-electron chi connectivity index (χ4n) is 0.835. The molecule has 1 N–H and O–H groups in total. The Labute approximate surface area is 92.9 Å². The number of carbonyl (C=O) groups excluding carboxylic acids is 1. The molecule has 2 nitrogen and oxygen atoms in total. The Balaban J connectivity index is 2.79. The topological polar surface area (TPSA) is 29.1 Å². The third kappa shape index (κ3) is 4.01. The van der Waals surface area contributed by atoms with Crippen molar-refractivity contribution in [2.45, 2.75) is 11.1 Å². The minimum Gasteiger partial charge on any atom is -0.282 e. The molecule has 0 unspecified atom stereocenters. The van der Waals surface area contributed by atoms with E-state index in [9.17, 15) is 18.0 Å². The number of nitrogens with one attached hydrogen (secondary N) is 1. The van der Waals surface area contributed by atoms with Gasteiger partial charge < -0.3 is 0 Å². The lowest BCUT2D eigenvalue weighted by Gasteiger charge is -2.07. The second-order valence-electron chi connectivity index (χ2n) is 2.50. The van der Waals surface area contributed by atoms with E-state index in [0.717, 1.165) is 24.1 Å².